The van der Waals surface area contributed by atoms with Gasteiger partial charge in [0.25, 0.3) is 5.56 Å². The number of hydrogen-bond donors (Lipinski definition) is 4. The summed E-state index contributed by atoms with van der Waals surface area (Å²) in [7, 11) is -3.10. The average molecular weight is 457 g/mol. The van der Waals surface area contributed by atoms with E-state index in [1.54, 1.807) is 36.5 Å². The Morgan fingerprint density at radius 1 is 1.22 bits per heavy atom. The number of nitrogens with zero attached hydrogens (tertiary/aromatic N) is 5. The van der Waals surface area contributed by atoms with E-state index in [1.165, 1.54) is 15.1 Å². The fraction of sp³-hybridized carbons (Fsp3) is 0.200. The molecular formula is C20H20FN7O3S. The molecule has 10 nitrogen and oxygen atoms in total. The second-order valence-corrected chi connectivity index (χ2v) is 9.53. The van der Waals surface area contributed by atoms with Gasteiger partial charge in [0.1, 0.15) is 11.5 Å². The van der Waals surface area contributed by atoms with Crippen molar-refractivity contribution in [3.8, 4) is 11.5 Å². The zero-order chi connectivity index (χ0) is 22.5. The van der Waals surface area contributed by atoms with E-state index in [0.29, 0.717) is 35.3 Å². The molecule has 1 fully saturated rings. The summed E-state index contributed by atoms with van der Waals surface area (Å²) < 4.78 is 37.4. The number of aromatic amines is 1. The van der Waals surface area contributed by atoms with Crippen molar-refractivity contribution in [3.05, 3.63) is 64.3 Å². The molecule has 1 aliphatic heterocycles. The standard InChI is InChI=1S/C20H20FN7O3S/c21-14-7-2-1-5-12(14)11-27-19-13(6-3-8-23-19)15(26-27)18-24-17(22)16(20(29)25-18)28-9-4-10-32(28,30)31/h1-3,5-8,30-31H,4,9-11H2,(H3,22,24,25,29). The Morgan fingerprint density at radius 3 is 2.75 bits per heavy atom. The number of rotatable bonds is 4. The van der Waals surface area contributed by atoms with Gasteiger partial charge in [-0.1, -0.05) is 18.2 Å². The Hall–Kier alpha value is -3.48. The average Bonchev–Trinajstić information content (AvgIpc) is 3.29. The molecule has 0 aliphatic carbocycles. The maximum absolute atomic E-state index is 14.2. The van der Waals surface area contributed by atoms with Gasteiger partial charge >= 0.3 is 0 Å². The summed E-state index contributed by atoms with van der Waals surface area (Å²) in [5.74, 6) is -0.216. The molecule has 0 unspecified atom stereocenters. The first-order chi connectivity index (χ1) is 15.3. The largest absolute Gasteiger partial charge is 0.382 e. The fourth-order valence-corrected chi connectivity index (χ4v) is 5.46. The van der Waals surface area contributed by atoms with Crippen LogP contribution >= 0.6 is 10.8 Å². The first kappa shape index (κ1) is 20.4. The number of anilines is 2. The monoisotopic (exact) mass is 457 g/mol. The minimum absolute atomic E-state index is 0.0699. The van der Waals surface area contributed by atoms with Gasteiger partial charge in [-0.3, -0.25) is 18.2 Å². The van der Waals surface area contributed by atoms with Crippen LogP contribution in [0.2, 0.25) is 0 Å². The molecule has 1 aliphatic rings. The van der Waals surface area contributed by atoms with E-state index in [4.69, 9.17) is 5.73 Å². The van der Waals surface area contributed by atoms with Crippen molar-refractivity contribution >= 4 is 33.3 Å². The molecule has 5 N–H and O–H groups in total. The van der Waals surface area contributed by atoms with Crippen LogP contribution in [0.4, 0.5) is 15.9 Å². The van der Waals surface area contributed by atoms with Crippen molar-refractivity contribution in [3.63, 3.8) is 0 Å². The van der Waals surface area contributed by atoms with E-state index >= 15 is 0 Å². The number of nitrogen functional groups attached to an aromatic ring is 1. The quantitative estimate of drug-likeness (QED) is 0.366. The van der Waals surface area contributed by atoms with Crippen molar-refractivity contribution in [2.24, 2.45) is 0 Å². The summed E-state index contributed by atoms with van der Waals surface area (Å²) in [5.41, 5.74) is 6.65. The van der Waals surface area contributed by atoms with Gasteiger partial charge in [0, 0.05) is 18.3 Å². The van der Waals surface area contributed by atoms with Gasteiger partial charge in [-0.05, 0) is 24.6 Å². The third-order valence-corrected chi connectivity index (χ3v) is 7.22. The van der Waals surface area contributed by atoms with Gasteiger partial charge in [-0.15, -0.1) is 10.8 Å². The van der Waals surface area contributed by atoms with Gasteiger partial charge in [0.15, 0.2) is 23.0 Å². The Bertz CT molecular complexity index is 1390. The van der Waals surface area contributed by atoms with Crippen LogP contribution in [-0.2, 0) is 6.54 Å². The fourth-order valence-electron chi connectivity index (χ4n) is 3.84. The predicted octanol–water partition coefficient (Wildman–Crippen LogP) is 2.83. The number of nitrogens with two attached hydrogens (primary N) is 1. The molecule has 166 valence electrons. The zero-order valence-electron chi connectivity index (χ0n) is 16.8. The van der Waals surface area contributed by atoms with E-state index in [2.05, 4.69) is 20.1 Å². The van der Waals surface area contributed by atoms with E-state index in [0.717, 1.165) is 0 Å². The SMILES string of the molecule is Nc1nc(-c2nn(Cc3ccccc3F)c3ncccc23)[nH]c(=O)c1N1CCCS1(O)O. The lowest BCUT2D eigenvalue weighted by Crippen LogP contribution is -2.30. The van der Waals surface area contributed by atoms with Crippen LogP contribution < -0.4 is 15.6 Å². The number of halogens is 1. The second-order valence-electron chi connectivity index (χ2n) is 7.41. The van der Waals surface area contributed by atoms with Crippen LogP contribution in [0.5, 0.6) is 0 Å². The van der Waals surface area contributed by atoms with Crippen LogP contribution in [0.15, 0.2) is 47.4 Å². The molecule has 0 amide bonds. The third-order valence-electron chi connectivity index (χ3n) is 5.31. The number of aromatic nitrogens is 5. The van der Waals surface area contributed by atoms with Crippen LogP contribution in [0.3, 0.4) is 0 Å². The van der Waals surface area contributed by atoms with E-state index in [-0.39, 0.29) is 35.4 Å². The molecular weight excluding hydrogens is 437 g/mol. The summed E-state index contributed by atoms with van der Waals surface area (Å²) >= 11 is 0. The first-order valence-electron chi connectivity index (χ1n) is 9.84. The molecule has 0 radical (unpaired) electrons. The van der Waals surface area contributed by atoms with Crippen LogP contribution in [0.1, 0.15) is 12.0 Å². The predicted molar refractivity (Wildman–Crippen MR) is 121 cm³/mol. The van der Waals surface area contributed by atoms with E-state index in [1.807, 2.05) is 0 Å². The smallest absolute Gasteiger partial charge is 0.278 e. The number of benzene rings is 1. The Balaban J connectivity index is 1.61. The van der Waals surface area contributed by atoms with Gasteiger partial charge < -0.3 is 10.7 Å². The highest BCUT2D eigenvalue weighted by atomic mass is 32.3. The highest BCUT2D eigenvalue weighted by molar-refractivity contribution is 8.25. The van der Waals surface area contributed by atoms with E-state index < -0.39 is 16.3 Å². The van der Waals surface area contributed by atoms with Gasteiger partial charge in [-0.25, -0.2) is 19.0 Å². The van der Waals surface area contributed by atoms with Crippen molar-refractivity contribution in [2.45, 2.75) is 13.0 Å². The number of hydrogen-bond acceptors (Lipinski definition) is 8. The zero-order valence-corrected chi connectivity index (χ0v) is 17.6. The topological polar surface area (TPSA) is 146 Å². The van der Waals surface area contributed by atoms with Crippen LogP contribution in [0, 0.1) is 5.82 Å². The van der Waals surface area contributed by atoms with Crippen molar-refractivity contribution in [2.75, 3.05) is 22.3 Å². The van der Waals surface area contributed by atoms with Gasteiger partial charge in [0.2, 0.25) is 0 Å². The first-order valence-corrected chi connectivity index (χ1v) is 11.5. The molecule has 12 heteroatoms. The molecule has 0 spiro atoms. The molecule has 1 aromatic carbocycles. The number of H-pyrrole nitrogens is 1. The lowest BCUT2D eigenvalue weighted by atomic mass is 10.2. The molecule has 1 saturated heterocycles. The minimum atomic E-state index is -3.10. The molecule has 0 atom stereocenters. The molecule has 4 heterocycles. The van der Waals surface area contributed by atoms with Crippen LogP contribution in [-0.4, -0.2) is 46.1 Å². The Morgan fingerprint density at radius 2 is 2.03 bits per heavy atom. The second kappa shape index (κ2) is 7.58. The number of fused-ring (bicyclic) bond motifs is 1. The highest BCUT2D eigenvalue weighted by Crippen LogP contribution is 2.51. The Kier molecular flexibility index (Phi) is 4.84. The molecule has 0 bridgehead atoms. The highest BCUT2D eigenvalue weighted by Gasteiger charge is 2.33. The third kappa shape index (κ3) is 3.38. The van der Waals surface area contributed by atoms with Crippen molar-refractivity contribution in [1.29, 1.82) is 0 Å². The van der Waals surface area contributed by atoms with Crippen molar-refractivity contribution in [1.82, 2.24) is 24.7 Å². The number of pyridine rings is 1. The lowest BCUT2D eigenvalue weighted by molar-refractivity contribution is 0.491. The molecule has 5 rings (SSSR count). The summed E-state index contributed by atoms with van der Waals surface area (Å²) in [6.45, 7) is 0.424. The van der Waals surface area contributed by atoms with Crippen molar-refractivity contribution < 1.29 is 13.5 Å². The maximum Gasteiger partial charge on any atom is 0.278 e. The lowest BCUT2D eigenvalue weighted by Gasteiger charge is -2.37. The molecule has 32 heavy (non-hydrogen) atoms. The van der Waals surface area contributed by atoms with Gasteiger partial charge in [0.05, 0.1) is 17.7 Å². The molecule has 4 aromatic rings. The summed E-state index contributed by atoms with van der Waals surface area (Å²) in [4.78, 5) is 24.2. The minimum Gasteiger partial charge on any atom is -0.382 e. The summed E-state index contributed by atoms with van der Waals surface area (Å²) in [5, 5.41) is 5.13. The van der Waals surface area contributed by atoms with E-state index in [9.17, 15) is 18.3 Å². The summed E-state index contributed by atoms with van der Waals surface area (Å²) in [6.07, 6.45) is 2.12. The molecule has 0 saturated carbocycles. The summed E-state index contributed by atoms with van der Waals surface area (Å²) in [6, 6.07) is 9.86. The van der Waals surface area contributed by atoms with Crippen LogP contribution in [0.25, 0.3) is 22.6 Å². The number of nitrogens with one attached hydrogen (secondary N) is 1. The van der Waals surface area contributed by atoms with Gasteiger partial charge in [-0.2, -0.15) is 5.10 Å². The normalized spacial score (nSPS) is 16.5. The maximum atomic E-state index is 14.2. The molecule has 3 aromatic heterocycles. The Labute approximate surface area is 183 Å².